The van der Waals surface area contributed by atoms with E-state index in [4.69, 9.17) is 23.7 Å². The molecular formula is C22H42O5. The Balaban J connectivity index is 2.33. The van der Waals surface area contributed by atoms with Crippen LogP contribution in [0.5, 0.6) is 0 Å². The molecule has 0 aliphatic carbocycles. The topological polar surface area (TPSA) is 52.8 Å². The molecular weight excluding hydrogens is 344 g/mol. The zero-order chi connectivity index (χ0) is 19.9. The fourth-order valence-corrected chi connectivity index (χ4v) is 4.96. The number of hydrogen-bond acceptors (Lipinski definition) is 5. The van der Waals surface area contributed by atoms with Crippen molar-refractivity contribution in [3.05, 3.63) is 0 Å². The molecule has 2 rings (SSSR count). The van der Waals surface area contributed by atoms with Crippen molar-refractivity contribution in [2.45, 2.75) is 84.2 Å². The van der Waals surface area contributed by atoms with E-state index in [1.165, 1.54) is 0 Å². The zero-order valence-electron chi connectivity index (χ0n) is 18.4. The van der Waals surface area contributed by atoms with Crippen LogP contribution in [0.25, 0.3) is 0 Å². The molecule has 0 spiro atoms. The number of methoxy groups -OCH3 is 2. The summed E-state index contributed by atoms with van der Waals surface area (Å²) in [4.78, 5) is 0. The van der Waals surface area contributed by atoms with E-state index in [-0.39, 0.29) is 17.6 Å². The van der Waals surface area contributed by atoms with Crippen molar-refractivity contribution in [3.63, 3.8) is 0 Å². The van der Waals surface area contributed by atoms with Crippen LogP contribution in [0.3, 0.4) is 0 Å². The van der Waals surface area contributed by atoms with E-state index in [1.807, 2.05) is 14.2 Å². The van der Waals surface area contributed by atoms with Crippen LogP contribution in [-0.4, -0.2) is 65.1 Å². The minimum Gasteiger partial charge on any atom is -0.381 e. The van der Waals surface area contributed by atoms with Gasteiger partial charge < -0.3 is 23.7 Å². The molecule has 2 heterocycles. The second-order valence-electron chi connectivity index (χ2n) is 8.19. The van der Waals surface area contributed by atoms with Crippen LogP contribution in [0.15, 0.2) is 0 Å². The summed E-state index contributed by atoms with van der Waals surface area (Å²) in [5, 5.41) is 0. The molecule has 6 atom stereocenters. The van der Waals surface area contributed by atoms with E-state index in [1.54, 1.807) is 0 Å². The highest BCUT2D eigenvalue weighted by molar-refractivity contribution is 5.03. The molecule has 0 aromatic rings. The highest BCUT2D eigenvalue weighted by Crippen LogP contribution is 2.47. The summed E-state index contributed by atoms with van der Waals surface area (Å²) in [5.74, 6) is 0.722. The van der Waals surface area contributed by atoms with E-state index >= 15 is 0 Å². The van der Waals surface area contributed by atoms with E-state index < -0.39 is 0 Å². The van der Waals surface area contributed by atoms with Gasteiger partial charge in [0, 0.05) is 38.1 Å². The third-order valence-corrected chi connectivity index (χ3v) is 6.71. The second-order valence-corrected chi connectivity index (χ2v) is 8.19. The lowest BCUT2D eigenvalue weighted by atomic mass is 9.65. The molecule has 2 saturated heterocycles. The summed E-state index contributed by atoms with van der Waals surface area (Å²) in [6.45, 7) is 12.1. The highest BCUT2D eigenvalue weighted by Gasteiger charge is 2.55. The molecule has 0 aromatic heterocycles. The summed E-state index contributed by atoms with van der Waals surface area (Å²) in [7, 11) is 3.68. The molecule has 2 fully saturated rings. The Morgan fingerprint density at radius 1 is 0.889 bits per heavy atom. The van der Waals surface area contributed by atoms with Gasteiger partial charge in [-0.1, -0.05) is 34.1 Å². The predicted octanol–water partition coefficient (Wildman–Crippen LogP) is 4.08. The molecule has 2 aliphatic heterocycles. The van der Waals surface area contributed by atoms with Crippen molar-refractivity contribution < 1.29 is 23.7 Å². The molecule has 5 nitrogen and oxygen atoms in total. The predicted molar refractivity (Wildman–Crippen MR) is 107 cm³/mol. The molecule has 0 bridgehead atoms. The quantitative estimate of drug-likeness (QED) is 0.295. The number of ether oxygens (including phenoxy) is 5. The van der Waals surface area contributed by atoms with Crippen molar-refractivity contribution in [1.29, 1.82) is 0 Å². The van der Waals surface area contributed by atoms with E-state index in [0.29, 0.717) is 30.7 Å². The van der Waals surface area contributed by atoms with Crippen molar-refractivity contribution in [2.75, 3.05) is 40.6 Å². The average molecular weight is 387 g/mol. The van der Waals surface area contributed by atoms with Gasteiger partial charge in [-0.15, -0.1) is 0 Å². The highest BCUT2D eigenvalue weighted by atomic mass is 16.6. The largest absolute Gasteiger partial charge is 0.381 e. The average Bonchev–Trinajstić information content (AvgIpc) is 3.58. The third kappa shape index (κ3) is 5.45. The fourth-order valence-electron chi connectivity index (χ4n) is 4.96. The molecule has 0 aromatic carbocycles. The maximum Gasteiger partial charge on any atom is 0.0862 e. The Bertz CT molecular complexity index is 380. The first-order chi connectivity index (χ1) is 13.1. The van der Waals surface area contributed by atoms with Crippen LogP contribution in [-0.2, 0) is 23.7 Å². The number of epoxide rings is 2. The summed E-state index contributed by atoms with van der Waals surface area (Å²) in [5.41, 5.74) is -0.212. The molecule has 160 valence electrons. The maximum atomic E-state index is 6.24. The standard InChI is InChI=1S/C22H42O5/c1-7-11-12-25-15-22(10-4,20(23-5)16(8-2)18-13-26-18)21(24-6)17(9-3)19-14-27-19/h16-21H,7-15H2,1-6H3. The number of unbranched alkanes of at least 4 members (excludes halogenated alkanes) is 1. The minimum absolute atomic E-state index is 0.0411. The monoisotopic (exact) mass is 386 g/mol. The van der Waals surface area contributed by atoms with Crippen molar-refractivity contribution in [2.24, 2.45) is 17.3 Å². The van der Waals surface area contributed by atoms with E-state index in [9.17, 15) is 0 Å². The van der Waals surface area contributed by atoms with Gasteiger partial charge in [0.1, 0.15) is 0 Å². The van der Waals surface area contributed by atoms with Gasteiger partial charge >= 0.3 is 0 Å². The first kappa shape index (κ1) is 23.1. The Morgan fingerprint density at radius 3 is 1.67 bits per heavy atom. The lowest BCUT2D eigenvalue weighted by Gasteiger charge is -2.49. The van der Waals surface area contributed by atoms with Gasteiger partial charge in [0.25, 0.3) is 0 Å². The molecule has 0 saturated carbocycles. The number of hydrogen-bond donors (Lipinski definition) is 0. The lowest BCUT2D eigenvalue weighted by molar-refractivity contribution is -0.178. The van der Waals surface area contributed by atoms with Crippen LogP contribution in [0.4, 0.5) is 0 Å². The molecule has 6 unspecified atom stereocenters. The Kier molecular flexibility index (Phi) is 9.49. The molecule has 0 N–H and O–H groups in total. The lowest BCUT2D eigenvalue weighted by Crippen LogP contribution is -2.57. The number of rotatable bonds is 16. The third-order valence-electron chi connectivity index (χ3n) is 6.71. The summed E-state index contributed by atoms with van der Waals surface area (Å²) in [6.07, 6.45) is 5.93. The van der Waals surface area contributed by atoms with Gasteiger partial charge in [-0.2, -0.15) is 0 Å². The Labute approximate surface area is 166 Å². The van der Waals surface area contributed by atoms with Crippen LogP contribution in [0.1, 0.15) is 59.8 Å². The van der Waals surface area contributed by atoms with E-state index in [2.05, 4.69) is 27.7 Å². The smallest absolute Gasteiger partial charge is 0.0862 e. The van der Waals surface area contributed by atoms with Crippen molar-refractivity contribution >= 4 is 0 Å². The Morgan fingerprint density at radius 2 is 1.37 bits per heavy atom. The van der Waals surface area contributed by atoms with Gasteiger partial charge in [0.15, 0.2) is 0 Å². The first-order valence-electron chi connectivity index (χ1n) is 11.0. The molecule has 2 aliphatic rings. The SMILES string of the molecule is CCCCOCC(CC)(C(OC)C(CC)C1CO1)C(OC)C(CC)C1CO1. The van der Waals surface area contributed by atoms with Gasteiger partial charge in [-0.05, 0) is 25.7 Å². The zero-order valence-corrected chi connectivity index (χ0v) is 18.4. The van der Waals surface area contributed by atoms with Crippen LogP contribution >= 0.6 is 0 Å². The van der Waals surface area contributed by atoms with Crippen molar-refractivity contribution in [1.82, 2.24) is 0 Å². The molecule has 0 radical (unpaired) electrons. The van der Waals surface area contributed by atoms with Crippen LogP contribution < -0.4 is 0 Å². The normalized spacial score (nSPS) is 28.2. The molecule has 27 heavy (non-hydrogen) atoms. The van der Waals surface area contributed by atoms with Gasteiger partial charge in [0.2, 0.25) is 0 Å². The fraction of sp³-hybridized carbons (Fsp3) is 1.00. The van der Waals surface area contributed by atoms with Gasteiger partial charge in [-0.3, -0.25) is 0 Å². The van der Waals surface area contributed by atoms with E-state index in [0.717, 1.165) is 51.9 Å². The van der Waals surface area contributed by atoms with Crippen molar-refractivity contribution in [3.8, 4) is 0 Å². The Hall–Kier alpha value is -0.200. The second kappa shape index (κ2) is 11.1. The summed E-state index contributed by atoms with van der Waals surface area (Å²) in [6, 6.07) is 0. The minimum atomic E-state index is -0.212. The van der Waals surface area contributed by atoms with Crippen LogP contribution in [0, 0.1) is 17.3 Å². The first-order valence-corrected chi connectivity index (χ1v) is 11.0. The molecule has 0 amide bonds. The van der Waals surface area contributed by atoms with Gasteiger partial charge in [0.05, 0.1) is 44.2 Å². The summed E-state index contributed by atoms with van der Waals surface area (Å²) >= 11 is 0. The summed E-state index contributed by atoms with van der Waals surface area (Å²) < 4.78 is 30.1. The maximum absolute atomic E-state index is 6.24. The molecule has 5 heteroatoms. The van der Waals surface area contributed by atoms with Gasteiger partial charge in [-0.25, -0.2) is 0 Å². The van der Waals surface area contributed by atoms with Crippen LogP contribution in [0.2, 0.25) is 0 Å².